The molecule has 0 saturated heterocycles. The summed E-state index contributed by atoms with van der Waals surface area (Å²) >= 11 is 0. The van der Waals surface area contributed by atoms with Crippen molar-refractivity contribution >= 4 is 23.4 Å². The minimum Gasteiger partial charge on any atom is -0.465 e. The monoisotopic (exact) mass is 295 g/mol. The Kier molecular flexibility index (Phi) is 5.40. The lowest BCUT2D eigenvalue weighted by Crippen LogP contribution is -2.31. The van der Waals surface area contributed by atoms with Gasteiger partial charge in [0.15, 0.2) is 0 Å². The Bertz CT molecular complexity index is 538. The molecule has 1 rings (SSSR count). The van der Waals surface area contributed by atoms with E-state index in [-0.39, 0.29) is 16.9 Å². The van der Waals surface area contributed by atoms with Crippen molar-refractivity contribution in [1.82, 2.24) is 0 Å². The zero-order valence-electron chi connectivity index (χ0n) is 12.6. The van der Waals surface area contributed by atoms with Crippen LogP contribution < -0.4 is 0 Å². The number of nitrogens with zero attached hydrogens (tertiary/aromatic N) is 1. The fraction of sp³-hybridized carbons (Fsp3) is 0.429. The molecule has 0 unspecified atom stereocenters. The highest BCUT2D eigenvalue weighted by atomic mass is 16.6. The first-order valence-electron chi connectivity index (χ1n) is 6.24. The zero-order chi connectivity index (χ0) is 16.2. The zero-order valence-corrected chi connectivity index (χ0v) is 12.6. The van der Waals surface area contributed by atoms with Crippen molar-refractivity contribution in [3.8, 4) is 0 Å². The van der Waals surface area contributed by atoms with Gasteiger partial charge in [-0.2, -0.15) is 0 Å². The Hall–Kier alpha value is -2.44. The summed E-state index contributed by atoms with van der Waals surface area (Å²) in [5.41, 5.74) is 0.345. The number of ketones is 1. The summed E-state index contributed by atoms with van der Waals surface area (Å²) in [5, 5.41) is 3.87. The van der Waals surface area contributed by atoms with Crippen LogP contribution in [0.2, 0.25) is 0 Å². The maximum Gasteiger partial charge on any atom is 0.342 e. The number of oxime groups is 1. The van der Waals surface area contributed by atoms with E-state index in [1.807, 2.05) is 0 Å². The molecule has 0 fully saturated rings. The highest BCUT2D eigenvalue weighted by molar-refractivity contribution is 6.41. The minimum absolute atomic E-state index is 0.247. The summed E-state index contributed by atoms with van der Waals surface area (Å²) in [6.07, 6.45) is 0. The Morgan fingerprint density at radius 2 is 1.43 bits per heavy atom. The maximum absolute atomic E-state index is 12.4. The molecule has 0 atom stereocenters. The van der Waals surface area contributed by atoms with Gasteiger partial charge in [0.05, 0.1) is 14.2 Å². The molecule has 0 bridgehead atoms. The smallest absolute Gasteiger partial charge is 0.342 e. The first-order chi connectivity index (χ1) is 9.90. The van der Waals surface area contributed by atoms with Crippen molar-refractivity contribution in [2.24, 2.45) is 5.16 Å². The van der Waals surface area contributed by atoms with E-state index in [9.17, 15) is 14.4 Å². The van der Waals surface area contributed by atoms with Crippen LogP contribution in [0.25, 0.3) is 0 Å². The molecular weight excluding hydrogens is 278 g/mol. The molecule has 0 aromatic rings. The van der Waals surface area contributed by atoms with Gasteiger partial charge < -0.3 is 14.3 Å². The topological polar surface area (TPSA) is 91.3 Å². The van der Waals surface area contributed by atoms with Crippen molar-refractivity contribution in [3.63, 3.8) is 0 Å². The molecule has 1 aliphatic rings. The number of carbonyl (C=O) groups is 3. The normalized spacial score (nSPS) is 15.1. The Morgan fingerprint density at radius 3 is 1.76 bits per heavy atom. The van der Waals surface area contributed by atoms with Gasteiger partial charge in [-0.25, -0.2) is 9.59 Å². The van der Waals surface area contributed by atoms with Gasteiger partial charge in [0.2, 0.25) is 5.78 Å². The largest absolute Gasteiger partial charge is 0.465 e. The molecule has 0 spiro atoms. The molecule has 0 aromatic carbocycles. The quantitative estimate of drug-likeness (QED) is 0.332. The van der Waals surface area contributed by atoms with Gasteiger partial charge in [-0.1, -0.05) is 5.16 Å². The highest BCUT2D eigenvalue weighted by Gasteiger charge is 2.37. The van der Waals surface area contributed by atoms with Crippen LogP contribution in [0, 0.1) is 0 Å². The fourth-order valence-electron chi connectivity index (χ4n) is 1.95. The molecule has 21 heavy (non-hydrogen) atoms. The number of esters is 2. The standard InChI is InChI=1S/C14H17NO6/c1-6-21-15-11-7(2)9(13(17)19-4)12(16)10(8(11)3)14(18)20-5/h6H2,1-5H3. The van der Waals surface area contributed by atoms with Crippen LogP contribution in [0.3, 0.4) is 0 Å². The van der Waals surface area contributed by atoms with E-state index in [2.05, 4.69) is 14.6 Å². The summed E-state index contributed by atoms with van der Waals surface area (Å²) in [6, 6.07) is 0. The number of hydrogen-bond donors (Lipinski definition) is 0. The van der Waals surface area contributed by atoms with E-state index >= 15 is 0 Å². The average molecular weight is 295 g/mol. The van der Waals surface area contributed by atoms with Gasteiger partial charge in [-0.15, -0.1) is 0 Å². The number of rotatable bonds is 4. The second-order valence-corrected chi connectivity index (χ2v) is 4.17. The summed E-state index contributed by atoms with van der Waals surface area (Å²) in [5.74, 6) is -2.41. The number of methoxy groups -OCH3 is 2. The minimum atomic E-state index is -0.837. The van der Waals surface area contributed by atoms with Crippen LogP contribution >= 0.6 is 0 Å². The summed E-state index contributed by atoms with van der Waals surface area (Å²) in [6.45, 7) is 5.12. The van der Waals surface area contributed by atoms with Gasteiger partial charge in [-0.05, 0) is 31.9 Å². The van der Waals surface area contributed by atoms with Crippen LogP contribution in [-0.2, 0) is 28.7 Å². The predicted molar refractivity (Wildman–Crippen MR) is 73.5 cm³/mol. The average Bonchev–Trinajstić information content (AvgIpc) is 2.46. The molecule has 0 saturated carbocycles. The van der Waals surface area contributed by atoms with E-state index in [1.54, 1.807) is 20.8 Å². The van der Waals surface area contributed by atoms with E-state index in [4.69, 9.17) is 4.84 Å². The molecule has 0 N–H and O–H groups in total. The number of hydrogen-bond acceptors (Lipinski definition) is 7. The van der Waals surface area contributed by atoms with E-state index < -0.39 is 17.7 Å². The second-order valence-electron chi connectivity index (χ2n) is 4.17. The SMILES string of the molecule is CCON=C1C(C)=C(C(=O)OC)C(=O)C(C(=O)OC)=C1C. The number of allylic oxidation sites excluding steroid dienone is 2. The molecule has 1 aliphatic carbocycles. The van der Waals surface area contributed by atoms with Gasteiger partial charge in [-0.3, -0.25) is 4.79 Å². The van der Waals surface area contributed by atoms with Crippen molar-refractivity contribution in [3.05, 3.63) is 22.3 Å². The van der Waals surface area contributed by atoms with E-state index in [1.165, 1.54) is 0 Å². The lowest BCUT2D eigenvalue weighted by atomic mass is 9.84. The molecule has 0 aromatic heterocycles. The number of ether oxygens (including phenoxy) is 2. The maximum atomic E-state index is 12.4. The van der Waals surface area contributed by atoms with Gasteiger partial charge in [0.1, 0.15) is 23.5 Å². The van der Waals surface area contributed by atoms with Crippen molar-refractivity contribution in [1.29, 1.82) is 0 Å². The molecular formula is C14H17NO6. The van der Waals surface area contributed by atoms with Crippen LogP contribution in [0.1, 0.15) is 20.8 Å². The summed E-state index contributed by atoms with van der Waals surface area (Å²) in [4.78, 5) is 40.9. The molecule has 0 amide bonds. The van der Waals surface area contributed by atoms with Crippen LogP contribution in [-0.4, -0.2) is 44.3 Å². The second kappa shape index (κ2) is 6.83. The molecule has 0 heterocycles. The Morgan fingerprint density at radius 1 is 1.00 bits per heavy atom. The lowest BCUT2D eigenvalue weighted by Gasteiger charge is -2.20. The van der Waals surface area contributed by atoms with Crippen LogP contribution in [0.5, 0.6) is 0 Å². The number of Topliss-reactive ketones (excluding diaryl/α,β-unsaturated/α-hetero) is 1. The molecule has 114 valence electrons. The number of carbonyl (C=O) groups excluding carboxylic acids is 3. The van der Waals surface area contributed by atoms with Crippen LogP contribution in [0.15, 0.2) is 27.4 Å². The van der Waals surface area contributed by atoms with E-state index in [0.717, 1.165) is 14.2 Å². The van der Waals surface area contributed by atoms with Gasteiger partial charge in [0, 0.05) is 0 Å². The Labute approximate surface area is 122 Å². The third-order valence-electron chi connectivity index (χ3n) is 2.98. The molecule has 0 radical (unpaired) electrons. The van der Waals surface area contributed by atoms with Gasteiger partial charge in [0.25, 0.3) is 0 Å². The van der Waals surface area contributed by atoms with Crippen molar-refractivity contribution in [2.45, 2.75) is 20.8 Å². The first-order valence-corrected chi connectivity index (χ1v) is 6.24. The summed E-state index contributed by atoms with van der Waals surface area (Å²) < 4.78 is 9.18. The first kappa shape index (κ1) is 16.6. The third-order valence-corrected chi connectivity index (χ3v) is 2.98. The van der Waals surface area contributed by atoms with Crippen molar-refractivity contribution < 1.29 is 28.7 Å². The lowest BCUT2D eigenvalue weighted by molar-refractivity contribution is -0.138. The van der Waals surface area contributed by atoms with Gasteiger partial charge >= 0.3 is 11.9 Å². The molecule has 7 nitrogen and oxygen atoms in total. The predicted octanol–water partition coefficient (Wildman–Crippen LogP) is 0.941. The van der Waals surface area contributed by atoms with Crippen LogP contribution in [0.4, 0.5) is 0 Å². The fourth-order valence-corrected chi connectivity index (χ4v) is 1.95. The molecule has 0 aliphatic heterocycles. The third kappa shape index (κ3) is 3.01. The van der Waals surface area contributed by atoms with E-state index in [0.29, 0.717) is 17.8 Å². The van der Waals surface area contributed by atoms with Crippen molar-refractivity contribution in [2.75, 3.05) is 20.8 Å². The molecule has 7 heteroatoms. The highest BCUT2D eigenvalue weighted by Crippen LogP contribution is 2.27. The Balaban J connectivity index is 3.55. The summed E-state index contributed by atoms with van der Waals surface area (Å²) in [7, 11) is 2.30.